The lowest BCUT2D eigenvalue weighted by atomic mass is 9.74. The molecule has 2 aromatic rings. The minimum Gasteiger partial charge on any atom is -0.355 e. The van der Waals surface area contributed by atoms with Crippen LogP contribution in [0, 0.1) is 0 Å². The van der Waals surface area contributed by atoms with Crippen molar-refractivity contribution in [1.29, 1.82) is 0 Å². The van der Waals surface area contributed by atoms with Gasteiger partial charge in [-0.15, -0.1) is 0 Å². The van der Waals surface area contributed by atoms with E-state index in [1.165, 1.54) is 16.8 Å². The van der Waals surface area contributed by atoms with E-state index in [9.17, 15) is 0 Å². The van der Waals surface area contributed by atoms with E-state index >= 15 is 0 Å². The minimum absolute atomic E-state index is 0.0982. The molecule has 0 amide bonds. The van der Waals surface area contributed by atoms with E-state index in [0.717, 1.165) is 5.69 Å². The zero-order chi connectivity index (χ0) is 15.7. The van der Waals surface area contributed by atoms with Gasteiger partial charge in [0.1, 0.15) is 0 Å². The average molecular weight is 281 g/mol. The Balaban J connectivity index is 2.56. The summed E-state index contributed by atoms with van der Waals surface area (Å²) >= 11 is 0. The maximum atomic E-state index is 3.59. The Morgan fingerprint density at radius 2 is 1.29 bits per heavy atom. The predicted molar refractivity (Wildman–Crippen MR) is 93.6 cm³/mol. The quantitative estimate of drug-likeness (QED) is 0.709. The van der Waals surface area contributed by atoms with Crippen LogP contribution in [0.1, 0.15) is 52.7 Å². The Morgan fingerprint density at radius 3 is 1.81 bits per heavy atom. The molecule has 0 aliphatic rings. The average Bonchev–Trinajstić information content (AvgIpc) is 2.37. The third-order valence-corrected chi connectivity index (χ3v) is 3.68. The van der Waals surface area contributed by atoms with Crippen LogP contribution in [0.15, 0.2) is 48.5 Å². The highest BCUT2D eigenvalue weighted by Crippen LogP contribution is 2.39. The van der Waals surface area contributed by atoms with Crippen LogP contribution >= 0.6 is 0 Å². The van der Waals surface area contributed by atoms with Crippen molar-refractivity contribution in [3.8, 4) is 0 Å². The summed E-state index contributed by atoms with van der Waals surface area (Å²) in [4.78, 5) is 0. The molecule has 112 valence electrons. The maximum Gasteiger partial charge on any atom is 0.0425 e. The molecule has 2 aromatic carbocycles. The van der Waals surface area contributed by atoms with Crippen LogP contribution in [0.25, 0.3) is 0 Å². The molecule has 0 atom stereocenters. The van der Waals surface area contributed by atoms with Gasteiger partial charge in [-0.1, -0.05) is 71.9 Å². The Labute approximate surface area is 129 Å². The second-order valence-corrected chi connectivity index (χ2v) is 7.72. The molecule has 0 aliphatic carbocycles. The van der Waals surface area contributed by atoms with E-state index in [4.69, 9.17) is 0 Å². The molecule has 1 N–H and O–H groups in total. The van der Waals surface area contributed by atoms with Gasteiger partial charge in [-0.25, -0.2) is 0 Å². The van der Waals surface area contributed by atoms with Gasteiger partial charge >= 0.3 is 0 Å². The van der Waals surface area contributed by atoms with E-state index in [1.807, 2.05) is 6.07 Å². The Bertz CT molecular complexity index is 598. The first-order valence-corrected chi connectivity index (χ1v) is 7.65. The molecule has 0 spiro atoms. The summed E-state index contributed by atoms with van der Waals surface area (Å²) in [6.45, 7) is 13.7. The lowest BCUT2D eigenvalue weighted by Crippen LogP contribution is -2.23. The summed E-state index contributed by atoms with van der Waals surface area (Å²) < 4.78 is 0. The molecule has 21 heavy (non-hydrogen) atoms. The van der Waals surface area contributed by atoms with Gasteiger partial charge in [0.05, 0.1) is 0 Å². The number of para-hydroxylation sites is 1. The van der Waals surface area contributed by atoms with Gasteiger partial charge in [-0.2, -0.15) is 0 Å². The lowest BCUT2D eigenvalue weighted by Gasteiger charge is -2.32. The number of anilines is 2. The molecule has 2 rings (SSSR count). The topological polar surface area (TPSA) is 12.0 Å². The molecule has 0 saturated heterocycles. The highest BCUT2D eigenvalue weighted by molar-refractivity contribution is 5.67. The van der Waals surface area contributed by atoms with Crippen molar-refractivity contribution in [1.82, 2.24) is 0 Å². The first-order chi connectivity index (χ1) is 9.69. The number of hydrogen-bond donors (Lipinski definition) is 1. The number of rotatable bonds is 2. The van der Waals surface area contributed by atoms with Crippen molar-refractivity contribution < 1.29 is 0 Å². The Morgan fingerprint density at radius 1 is 0.667 bits per heavy atom. The SMILES string of the molecule is CC(C)(C)c1cccc(Nc2ccccc2)c1C(C)(C)C. The van der Waals surface area contributed by atoms with Gasteiger partial charge in [-0.3, -0.25) is 0 Å². The predicted octanol–water partition coefficient (Wildman–Crippen LogP) is 6.03. The van der Waals surface area contributed by atoms with Crippen LogP contribution in [0.5, 0.6) is 0 Å². The number of nitrogens with one attached hydrogen (secondary N) is 1. The first kappa shape index (κ1) is 15.6. The smallest absolute Gasteiger partial charge is 0.0425 e. The summed E-state index contributed by atoms with van der Waals surface area (Å²) in [6.07, 6.45) is 0. The molecule has 0 aromatic heterocycles. The number of hydrogen-bond acceptors (Lipinski definition) is 1. The standard InChI is InChI=1S/C20H27N/c1-19(2,3)16-13-10-14-17(18(16)20(4,5)6)21-15-11-8-7-9-12-15/h7-14,21H,1-6H3. The molecule has 0 heterocycles. The number of benzene rings is 2. The van der Waals surface area contributed by atoms with Gasteiger partial charge in [-0.05, 0) is 40.2 Å². The van der Waals surface area contributed by atoms with Gasteiger partial charge in [0.2, 0.25) is 0 Å². The Kier molecular flexibility index (Phi) is 4.13. The molecule has 0 radical (unpaired) electrons. The summed E-state index contributed by atoms with van der Waals surface area (Å²) in [5.74, 6) is 0. The molecule has 0 saturated carbocycles. The third-order valence-electron chi connectivity index (χ3n) is 3.68. The zero-order valence-electron chi connectivity index (χ0n) is 14.1. The second kappa shape index (κ2) is 5.55. The highest BCUT2D eigenvalue weighted by atomic mass is 14.9. The molecular weight excluding hydrogens is 254 g/mol. The fourth-order valence-corrected chi connectivity index (χ4v) is 2.77. The van der Waals surface area contributed by atoms with Gasteiger partial charge in [0, 0.05) is 11.4 Å². The van der Waals surface area contributed by atoms with Crippen molar-refractivity contribution >= 4 is 11.4 Å². The van der Waals surface area contributed by atoms with Crippen LogP contribution in [0.2, 0.25) is 0 Å². The summed E-state index contributed by atoms with van der Waals surface area (Å²) in [6, 6.07) is 17.0. The fourth-order valence-electron chi connectivity index (χ4n) is 2.77. The highest BCUT2D eigenvalue weighted by Gasteiger charge is 2.27. The summed E-state index contributed by atoms with van der Waals surface area (Å²) in [5.41, 5.74) is 5.39. The van der Waals surface area contributed by atoms with Crippen LogP contribution < -0.4 is 5.32 Å². The van der Waals surface area contributed by atoms with E-state index in [0.29, 0.717) is 0 Å². The van der Waals surface area contributed by atoms with Crippen LogP contribution in [-0.2, 0) is 10.8 Å². The largest absolute Gasteiger partial charge is 0.355 e. The van der Waals surface area contributed by atoms with E-state index in [1.54, 1.807) is 0 Å². The second-order valence-electron chi connectivity index (χ2n) is 7.72. The van der Waals surface area contributed by atoms with E-state index in [-0.39, 0.29) is 10.8 Å². The summed E-state index contributed by atoms with van der Waals surface area (Å²) in [5, 5.41) is 3.59. The molecule has 0 bridgehead atoms. The molecule has 1 heteroatoms. The Hall–Kier alpha value is -1.76. The molecule has 1 nitrogen and oxygen atoms in total. The summed E-state index contributed by atoms with van der Waals surface area (Å²) in [7, 11) is 0. The van der Waals surface area contributed by atoms with Crippen molar-refractivity contribution in [3.05, 3.63) is 59.7 Å². The van der Waals surface area contributed by atoms with Gasteiger partial charge < -0.3 is 5.32 Å². The van der Waals surface area contributed by atoms with Crippen molar-refractivity contribution in [2.75, 3.05) is 5.32 Å². The van der Waals surface area contributed by atoms with Crippen LogP contribution in [0.4, 0.5) is 11.4 Å². The fraction of sp³-hybridized carbons (Fsp3) is 0.400. The molecule has 0 unspecified atom stereocenters. The first-order valence-electron chi connectivity index (χ1n) is 7.65. The van der Waals surface area contributed by atoms with Gasteiger partial charge in [0.15, 0.2) is 0 Å². The lowest BCUT2D eigenvalue weighted by molar-refractivity contribution is 0.532. The van der Waals surface area contributed by atoms with Crippen molar-refractivity contribution in [2.24, 2.45) is 0 Å². The normalized spacial score (nSPS) is 12.3. The monoisotopic (exact) mass is 281 g/mol. The molecular formula is C20H27N. The molecule has 0 aliphatic heterocycles. The molecule has 0 fully saturated rings. The van der Waals surface area contributed by atoms with Crippen LogP contribution in [-0.4, -0.2) is 0 Å². The van der Waals surface area contributed by atoms with Crippen LogP contribution in [0.3, 0.4) is 0 Å². The van der Waals surface area contributed by atoms with E-state index < -0.39 is 0 Å². The third kappa shape index (κ3) is 3.66. The van der Waals surface area contributed by atoms with Crippen molar-refractivity contribution in [2.45, 2.75) is 52.4 Å². The van der Waals surface area contributed by atoms with Gasteiger partial charge in [0.25, 0.3) is 0 Å². The van der Waals surface area contributed by atoms with Crippen molar-refractivity contribution in [3.63, 3.8) is 0 Å². The zero-order valence-corrected chi connectivity index (χ0v) is 14.1. The minimum atomic E-state index is 0.0982. The maximum absolute atomic E-state index is 3.59. The van der Waals surface area contributed by atoms with E-state index in [2.05, 4.69) is 89.3 Å².